The lowest BCUT2D eigenvalue weighted by molar-refractivity contribution is 0.710. The molecule has 0 atom stereocenters. The van der Waals surface area contributed by atoms with E-state index in [1.165, 1.54) is 10.8 Å². The van der Waals surface area contributed by atoms with E-state index >= 15 is 0 Å². The molecule has 0 saturated heterocycles. The predicted molar refractivity (Wildman–Crippen MR) is 68.1 cm³/mol. The van der Waals surface area contributed by atoms with Crippen molar-refractivity contribution in [2.45, 2.75) is 20.4 Å². The van der Waals surface area contributed by atoms with Crippen molar-refractivity contribution in [1.82, 2.24) is 19.3 Å². The topological polar surface area (TPSA) is 72.7 Å². The van der Waals surface area contributed by atoms with E-state index in [0.29, 0.717) is 10.7 Å². The quantitative estimate of drug-likeness (QED) is 0.866. The predicted octanol–water partition coefficient (Wildman–Crippen LogP) is 0.589. The van der Waals surface area contributed by atoms with Crippen molar-refractivity contribution in [3.8, 4) is 0 Å². The van der Waals surface area contributed by atoms with Crippen LogP contribution in [-0.4, -0.2) is 19.3 Å². The lowest BCUT2D eigenvalue weighted by Gasteiger charge is -2.05. The average molecular weight is 269 g/mol. The molecule has 1 N–H and O–H groups in total. The summed E-state index contributed by atoms with van der Waals surface area (Å²) in [6, 6.07) is 0. The SMILES string of the molecule is Cc1nn(C)c(Cl)c1Cn1cc(C)c(=O)[nH]c1=O. The van der Waals surface area contributed by atoms with Crippen LogP contribution in [0, 0.1) is 13.8 Å². The molecule has 6 nitrogen and oxygen atoms in total. The van der Waals surface area contributed by atoms with E-state index in [1.807, 2.05) is 6.92 Å². The zero-order valence-corrected chi connectivity index (χ0v) is 11.1. The van der Waals surface area contributed by atoms with E-state index in [-0.39, 0.29) is 12.1 Å². The van der Waals surface area contributed by atoms with Crippen LogP contribution in [0.5, 0.6) is 0 Å². The van der Waals surface area contributed by atoms with Gasteiger partial charge in [-0.25, -0.2) is 4.79 Å². The van der Waals surface area contributed by atoms with E-state index in [1.54, 1.807) is 18.7 Å². The number of hydrogen-bond acceptors (Lipinski definition) is 3. The Morgan fingerprint density at radius 3 is 2.61 bits per heavy atom. The fourth-order valence-electron chi connectivity index (χ4n) is 1.76. The van der Waals surface area contributed by atoms with Crippen LogP contribution in [0.2, 0.25) is 5.15 Å². The Bertz CT molecular complexity index is 711. The molecule has 2 heterocycles. The Labute approximate surface area is 108 Å². The number of aryl methyl sites for hydroxylation is 3. The lowest BCUT2D eigenvalue weighted by atomic mass is 10.2. The molecular weight excluding hydrogens is 256 g/mol. The number of halogens is 1. The van der Waals surface area contributed by atoms with E-state index in [9.17, 15) is 9.59 Å². The molecular formula is C11H13ClN4O2. The molecule has 2 aromatic rings. The van der Waals surface area contributed by atoms with Crippen molar-refractivity contribution >= 4 is 11.6 Å². The molecule has 0 fully saturated rings. The maximum absolute atomic E-state index is 11.7. The summed E-state index contributed by atoms with van der Waals surface area (Å²) in [4.78, 5) is 25.2. The Morgan fingerprint density at radius 1 is 1.39 bits per heavy atom. The first-order chi connectivity index (χ1) is 8.40. The first-order valence-electron chi connectivity index (χ1n) is 5.38. The molecule has 2 rings (SSSR count). The van der Waals surface area contributed by atoms with Gasteiger partial charge in [0, 0.05) is 24.4 Å². The minimum absolute atomic E-state index is 0.287. The standard InChI is InChI=1S/C11H13ClN4O2/c1-6-4-16(11(18)13-10(6)17)5-8-7(2)14-15(3)9(8)12/h4H,5H2,1-3H3,(H,13,17,18). The van der Waals surface area contributed by atoms with Gasteiger partial charge in [0.05, 0.1) is 12.2 Å². The highest BCUT2D eigenvalue weighted by molar-refractivity contribution is 6.30. The van der Waals surface area contributed by atoms with Gasteiger partial charge in [-0.15, -0.1) is 0 Å². The van der Waals surface area contributed by atoms with Gasteiger partial charge in [0.1, 0.15) is 5.15 Å². The number of nitrogens with one attached hydrogen (secondary N) is 1. The molecule has 0 aliphatic carbocycles. The third-order valence-corrected chi connectivity index (χ3v) is 3.26. The first-order valence-corrected chi connectivity index (χ1v) is 5.76. The van der Waals surface area contributed by atoms with Crippen LogP contribution in [0.25, 0.3) is 0 Å². The van der Waals surface area contributed by atoms with Crippen LogP contribution in [0.4, 0.5) is 0 Å². The van der Waals surface area contributed by atoms with E-state index in [4.69, 9.17) is 11.6 Å². The van der Waals surface area contributed by atoms with Gasteiger partial charge in [0.25, 0.3) is 5.56 Å². The average Bonchev–Trinajstić information content (AvgIpc) is 2.52. The Hall–Kier alpha value is -1.82. The minimum Gasteiger partial charge on any atom is -0.296 e. The normalized spacial score (nSPS) is 10.9. The van der Waals surface area contributed by atoms with Crippen LogP contribution in [0.1, 0.15) is 16.8 Å². The summed E-state index contributed by atoms with van der Waals surface area (Å²) in [6.07, 6.45) is 1.52. The van der Waals surface area contributed by atoms with Gasteiger partial charge >= 0.3 is 5.69 Å². The van der Waals surface area contributed by atoms with Gasteiger partial charge in [0.2, 0.25) is 0 Å². The van der Waals surface area contributed by atoms with Crippen LogP contribution in [0.3, 0.4) is 0 Å². The third-order valence-electron chi connectivity index (χ3n) is 2.79. The Kier molecular flexibility index (Phi) is 3.13. The molecule has 2 aromatic heterocycles. The number of hydrogen-bond donors (Lipinski definition) is 1. The van der Waals surface area contributed by atoms with Crippen LogP contribution >= 0.6 is 11.6 Å². The van der Waals surface area contributed by atoms with Gasteiger partial charge in [-0.05, 0) is 13.8 Å². The second-order valence-electron chi connectivity index (χ2n) is 4.18. The monoisotopic (exact) mass is 268 g/mol. The van der Waals surface area contributed by atoms with Gasteiger partial charge in [0.15, 0.2) is 0 Å². The molecule has 0 saturated carbocycles. The summed E-state index contributed by atoms with van der Waals surface area (Å²) < 4.78 is 2.96. The minimum atomic E-state index is -0.454. The number of nitrogens with zero attached hydrogens (tertiary/aromatic N) is 3. The van der Waals surface area contributed by atoms with Crippen molar-refractivity contribution in [2.75, 3.05) is 0 Å². The molecule has 96 valence electrons. The molecule has 0 spiro atoms. The van der Waals surface area contributed by atoms with E-state index in [0.717, 1.165) is 11.3 Å². The molecule has 0 aliphatic heterocycles. The highest BCUT2D eigenvalue weighted by atomic mass is 35.5. The smallest absolute Gasteiger partial charge is 0.296 e. The fourth-order valence-corrected chi connectivity index (χ4v) is 1.99. The first kappa shape index (κ1) is 12.6. The maximum Gasteiger partial charge on any atom is 0.328 e. The maximum atomic E-state index is 11.7. The van der Waals surface area contributed by atoms with Crippen LogP contribution in [0.15, 0.2) is 15.8 Å². The largest absolute Gasteiger partial charge is 0.328 e. The van der Waals surface area contributed by atoms with Crippen molar-refractivity contribution in [2.24, 2.45) is 7.05 Å². The molecule has 0 aliphatic rings. The second-order valence-corrected chi connectivity index (χ2v) is 4.54. The van der Waals surface area contributed by atoms with Gasteiger partial charge in [-0.2, -0.15) is 5.10 Å². The van der Waals surface area contributed by atoms with Gasteiger partial charge in [-0.3, -0.25) is 19.0 Å². The summed E-state index contributed by atoms with van der Waals surface area (Å²) in [5.74, 6) is 0. The molecule has 0 aromatic carbocycles. The number of H-pyrrole nitrogens is 1. The second kappa shape index (κ2) is 4.45. The molecule has 0 radical (unpaired) electrons. The van der Waals surface area contributed by atoms with Crippen molar-refractivity contribution in [3.63, 3.8) is 0 Å². The van der Waals surface area contributed by atoms with Crippen LogP contribution in [-0.2, 0) is 13.6 Å². The number of aromatic amines is 1. The summed E-state index contributed by atoms with van der Waals surface area (Å²) in [5.41, 5.74) is 1.19. The van der Waals surface area contributed by atoms with Crippen LogP contribution < -0.4 is 11.2 Å². The van der Waals surface area contributed by atoms with E-state index < -0.39 is 5.69 Å². The summed E-state index contributed by atoms with van der Waals surface area (Å²) in [7, 11) is 1.74. The highest BCUT2D eigenvalue weighted by Crippen LogP contribution is 2.18. The van der Waals surface area contributed by atoms with Gasteiger partial charge in [-0.1, -0.05) is 11.6 Å². The van der Waals surface area contributed by atoms with Crippen molar-refractivity contribution in [3.05, 3.63) is 49.0 Å². The highest BCUT2D eigenvalue weighted by Gasteiger charge is 2.12. The Morgan fingerprint density at radius 2 is 2.06 bits per heavy atom. The molecule has 0 unspecified atom stereocenters. The fraction of sp³-hybridized carbons (Fsp3) is 0.364. The lowest BCUT2D eigenvalue weighted by Crippen LogP contribution is -2.31. The molecule has 18 heavy (non-hydrogen) atoms. The summed E-state index contributed by atoms with van der Waals surface area (Å²) in [6.45, 7) is 3.76. The zero-order chi connectivity index (χ0) is 13.4. The van der Waals surface area contributed by atoms with Gasteiger partial charge < -0.3 is 0 Å². The molecule has 7 heteroatoms. The number of aromatic nitrogens is 4. The van der Waals surface area contributed by atoms with Crippen molar-refractivity contribution < 1.29 is 0 Å². The molecule has 0 bridgehead atoms. The molecule has 0 amide bonds. The number of rotatable bonds is 2. The summed E-state index contributed by atoms with van der Waals surface area (Å²) in [5, 5.41) is 4.66. The third kappa shape index (κ3) is 2.11. The van der Waals surface area contributed by atoms with Crippen molar-refractivity contribution in [1.29, 1.82) is 0 Å². The van der Waals surface area contributed by atoms with E-state index in [2.05, 4.69) is 10.1 Å². The summed E-state index contributed by atoms with van der Waals surface area (Å²) >= 11 is 6.10. The zero-order valence-electron chi connectivity index (χ0n) is 10.3. The Balaban J connectivity index is 2.50.